The summed E-state index contributed by atoms with van der Waals surface area (Å²) in [5.74, 6) is 0. The fourth-order valence-corrected chi connectivity index (χ4v) is 2.29. The Morgan fingerprint density at radius 2 is 2.19 bits per heavy atom. The molecule has 0 saturated carbocycles. The van der Waals surface area contributed by atoms with Crippen molar-refractivity contribution in [3.05, 3.63) is 59.0 Å². The summed E-state index contributed by atoms with van der Waals surface area (Å²) < 4.78 is 1.77. The third kappa shape index (κ3) is 2.56. The average molecular weight is 277 g/mol. The molecule has 0 bridgehead atoms. The lowest BCUT2D eigenvalue weighted by Crippen LogP contribution is -2.04. The molecule has 1 aromatic carbocycles. The van der Waals surface area contributed by atoms with Crippen LogP contribution in [0.25, 0.3) is 5.65 Å². The highest BCUT2D eigenvalue weighted by molar-refractivity contribution is 5.60. The number of rotatable bonds is 3. The Hall–Kier alpha value is -2.87. The number of hydrogen-bond acceptors (Lipinski definition) is 4. The number of aryl methyl sites for hydroxylation is 2. The van der Waals surface area contributed by atoms with Crippen molar-refractivity contribution in [3.8, 4) is 6.07 Å². The van der Waals surface area contributed by atoms with Crippen LogP contribution in [0.15, 0.2) is 36.7 Å². The minimum atomic E-state index is 0.597. The molecule has 0 saturated heterocycles. The van der Waals surface area contributed by atoms with Gasteiger partial charge in [0.05, 0.1) is 16.9 Å². The van der Waals surface area contributed by atoms with Crippen LogP contribution in [0, 0.1) is 25.2 Å². The number of nitrogens with zero attached hydrogens (tertiary/aromatic N) is 4. The van der Waals surface area contributed by atoms with Gasteiger partial charge in [0.1, 0.15) is 6.07 Å². The lowest BCUT2D eigenvalue weighted by atomic mass is 10.1. The molecule has 5 heteroatoms. The van der Waals surface area contributed by atoms with E-state index in [0.29, 0.717) is 12.1 Å². The van der Waals surface area contributed by atoms with E-state index in [2.05, 4.69) is 21.5 Å². The highest BCUT2D eigenvalue weighted by Crippen LogP contribution is 2.19. The van der Waals surface area contributed by atoms with Crippen LogP contribution in [0.3, 0.4) is 0 Å². The van der Waals surface area contributed by atoms with Gasteiger partial charge in [0.15, 0.2) is 5.65 Å². The van der Waals surface area contributed by atoms with Gasteiger partial charge in [0, 0.05) is 30.6 Å². The first kappa shape index (κ1) is 13.1. The van der Waals surface area contributed by atoms with E-state index in [1.54, 1.807) is 4.52 Å². The van der Waals surface area contributed by atoms with Crippen LogP contribution >= 0.6 is 0 Å². The van der Waals surface area contributed by atoms with E-state index < -0.39 is 0 Å². The fraction of sp³-hybridized carbons (Fsp3) is 0.188. The van der Waals surface area contributed by atoms with Crippen molar-refractivity contribution in [1.29, 1.82) is 5.26 Å². The van der Waals surface area contributed by atoms with Crippen LogP contribution in [0.2, 0.25) is 0 Å². The smallest absolute Gasteiger partial charge is 0.155 e. The number of anilines is 1. The molecule has 0 aliphatic rings. The Balaban J connectivity index is 1.83. The third-order valence-corrected chi connectivity index (χ3v) is 3.36. The van der Waals surface area contributed by atoms with E-state index in [0.717, 1.165) is 28.2 Å². The monoisotopic (exact) mass is 277 g/mol. The van der Waals surface area contributed by atoms with Crippen molar-refractivity contribution in [2.45, 2.75) is 20.4 Å². The van der Waals surface area contributed by atoms with Crippen molar-refractivity contribution < 1.29 is 0 Å². The number of hydrogen-bond donors (Lipinski definition) is 1. The predicted octanol–water partition coefficient (Wildman–Crippen LogP) is 2.83. The number of aromatic nitrogens is 3. The molecule has 0 fully saturated rings. The molecule has 0 spiro atoms. The van der Waals surface area contributed by atoms with Gasteiger partial charge in [-0.05, 0) is 25.5 Å². The van der Waals surface area contributed by atoms with Crippen LogP contribution < -0.4 is 5.32 Å². The largest absolute Gasteiger partial charge is 0.380 e. The normalized spacial score (nSPS) is 10.5. The second kappa shape index (κ2) is 5.25. The summed E-state index contributed by atoms with van der Waals surface area (Å²) in [4.78, 5) is 4.37. The van der Waals surface area contributed by atoms with E-state index in [4.69, 9.17) is 0 Å². The topological polar surface area (TPSA) is 66.0 Å². The zero-order valence-corrected chi connectivity index (χ0v) is 12.0. The van der Waals surface area contributed by atoms with Crippen LogP contribution in [0.1, 0.15) is 22.4 Å². The lowest BCUT2D eigenvalue weighted by molar-refractivity contribution is 0.895. The van der Waals surface area contributed by atoms with Gasteiger partial charge in [0.2, 0.25) is 0 Å². The first-order valence-corrected chi connectivity index (χ1v) is 6.72. The molecular weight excluding hydrogens is 262 g/mol. The average Bonchev–Trinajstić information content (AvgIpc) is 2.84. The van der Waals surface area contributed by atoms with Crippen LogP contribution in [0.5, 0.6) is 0 Å². The lowest BCUT2D eigenvalue weighted by Gasteiger charge is -2.09. The minimum absolute atomic E-state index is 0.597. The summed E-state index contributed by atoms with van der Waals surface area (Å²) >= 11 is 0. The zero-order chi connectivity index (χ0) is 14.8. The first-order valence-electron chi connectivity index (χ1n) is 6.72. The second-order valence-corrected chi connectivity index (χ2v) is 5.01. The molecule has 0 atom stereocenters. The van der Waals surface area contributed by atoms with Gasteiger partial charge >= 0.3 is 0 Å². The molecule has 2 aromatic heterocycles. The van der Waals surface area contributed by atoms with E-state index >= 15 is 0 Å². The Kier molecular flexibility index (Phi) is 3.28. The number of nitrogens with one attached hydrogen (secondary N) is 1. The molecule has 0 aliphatic heterocycles. The Labute approximate surface area is 122 Å². The van der Waals surface area contributed by atoms with Crippen molar-refractivity contribution in [2.24, 2.45) is 0 Å². The van der Waals surface area contributed by atoms with Crippen molar-refractivity contribution >= 4 is 11.3 Å². The molecule has 3 aromatic rings. The minimum Gasteiger partial charge on any atom is -0.380 e. The van der Waals surface area contributed by atoms with E-state index in [1.165, 1.54) is 0 Å². The SMILES string of the molecule is Cc1cc2ncc(CNc3cccc(C)c3C#N)cn2n1. The Bertz CT molecular complexity index is 841. The molecule has 0 amide bonds. The van der Waals surface area contributed by atoms with E-state index in [-0.39, 0.29) is 0 Å². The summed E-state index contributed by atoms with van der Waals surface area (Å²) in [7, 11) is 0. The molecule has 0 unspecified atom stereocenters. The molecule has 5 nitrogen and oxygen atoms in total. The number of nitriles is 1. The summed E-state index contributed by atoms with van der Waals surface area (Å²) in [5.41, 5.74) is 5.29. The van der Waals surface area contributed by atoms with Gasteiger partial charge < -0.3 is 5.32 Å². The highest BCUT2D eigenvalue weighted by atomic mass is 15.2. The van der Waals surface area contributed by atoms with Gasteiger partial charge in [-0.25, -0.2) is 9.50 Å². The predicted molar refractivity (Wildman–Crippen MR) is 80.9 cm³/mol. The molecule has 0 aliphatic carbocycles. The highest BCUT2D eigenvalue weighted by Gasteiger charge is 2.05. The maximum absolute atomic E-state index is 9.22. The molecule has 1 N–H and O–H groups in total. The van der Waals surface area contributed by atoms with Crippen molar-refractivity contribution in [3.63, 3.8) is 0 Å². The maximum Gasteiger partial charge on any atom is 0.155 e. The van der Waals surface area contributed by atoms with Crippen molar-refractivity contribution in [1.82, 2.24) is 14.6 Å². The quantitative estimate of drug-likeness (QED) is 0.799. The van der Waals surface area contributed by atoms with Gasteiger partial charge in [-0.3, -0.25) is 0 Å². The molecule has 104 valence electrons. The Morgan fingerprint density at radius 3 is 3.00 bits per heavy atom. The zero-order valence-electron chi connectivity index (χ0n) is 12.0. The summed E-state index contributed by atoms with van der Waals surface area (Å²) in [6.07, 6.45) is 3.77. The van der Waals surface area contributed by atoms with E-state index in [9.17, 15) is 5.26 Å². The number of fused-ring (bicyclic) bond motifs is 1. The van der Waals surface area contributed by atoms with Gasteiger partial charge in [0.25, 0.3) is 0 Å². The Morgan fingerprint density at radius 1 is 1.33 bits per heavy atom. The van der Waals surface area contributed by atoms with Gasteiger partial charge in [-0.15, -0.1) is 0 Å². The standard InChI is InChI=1S/C16H15N5/c1-11-4-3-5-15(14(11)7-17)18-8-13-9-19-16-6-12(2)20-21(16)10-13/h3-6,9-10,18H,8H2,1-2H3. The molecule has 2 heterocycles. The molecule has 3 rings (SSSR count). The first-order chi connectivity index (χ1) is 10.2. The summed E-state index contributed by atoms with van der Waals surface area (Å²) in [6.45, 7) is 4.47. The summed E-state index contributed by atoms with van der Waals surface area (Å²) in [6, 6.07) is 9.96. The molecular formula is C16H15N5. The third-order valence-electron chi connectivity index (χ3n) is 3.36. The van der Waals surface area contributed by atoms with E-state index in [1.807, 2.05) is 50.5 Å². The van der Waals surface area contributed by atoms with Crippen molar-refractivity contribution in [2.75, 3.05) is 5.32 Å². The summed E-state index contributed by atoms with van der Waals surface area (Å²) in [5, 5.41) is 16.9. The van der Waals surface area contributed by atoms with Gasteiger partial charge in [-0.2, -0.15) is 10.4 Å². The maximum atomic E-state index is 9.22. The van der Waals surface area contributed by atoms with Crippen LogP contribution in [-0.2, 0) is 6.54 Å². The molecule has 0 radical (unpaired) electrons. The molecule has 21 heavy (non-hydrogen) atoms. The van der Waals surface area contributed by atoms with Gasteiger partial charge in [-0.1, -0.05) is 12.1 Å². The number of benzene rings is 1. The van der Waals surface area contributed by atoms with Crippen LogP contribution in [0.4, 0.5) is 5.69 Å². The van der Waals surface area contributed by atoms with Crippen LogP contribution in [-0.4, -0.2) is 14.6 Å². The fourth-order valence-electron chi connectivity index (χ4n) is 2.29. The second-order valence-electron chi connectivity index (χ2n) is 5.01.